The second-order valence-corrected chi connectivity index (χ2v) is 5.87. The maximum absolute atomic E-state index is 12.0. The Hall–Kier alpha value is -1.91. The first kappa shape index (κ1) is 16.5. The fourth-order valence-electron chi connectivity index (χ4n) is 1.93. The number of carbonyl (C=O) groups excluding carboxylic acids is 2. The predicted octanol–water partition coefficient (Wildman–Crippen LogP) is 1.14. The summed E-state index contributed by atoms with van der Waals surface area (Å²) in [6.45, 7) is 4.88. The zero-order valence-electron chi connectivity index (χ0n) is 12.3. The molecule has 2 amide bonds. The number of hydrogen-bond acceptors (Lipinski definition) is 4. The molecule has 0 radical (unpaired) electrons. The lowest BCUT2D eigenvalue weighted by Gasteiger charge is -2.06. The van der Waals surface area contributed by atoms with Crippen LogP contribution >= 0.6 is 22.6 Å². The van der Waals surface area contributed by atoms with Gasteiger partial charge in [-0.1, -0.05) is 0 Å². The lowest BCUT2D eigenvalue weighted by atomic mass is 10.3. The predicted molar refractivity (Wildman–Crippen MR) is 89.3 cm³/mol. The molecule has 2 aromatic heterocycles. The molecule has 0 saturated carbocycles. The molecule has 2 rings (SSSR count). The summed E-state index contributed by atoms with van der Waals surface area (Å²) in [5.41, 5.74) is 6.69. The minimum absolute atomic E-state index is 0.0695. The van der Waals surface area contributed by atoms with Crippen LogP contribution in [-0.4, -0.2) is 31.4 Å². The van der Waals surface area contributed by atoms with E-state index in [1.54, 1.807) is 21.8 Å². The Balaban J connectivity index is 2.01. The maximum Gasteiger partial charge on any atom is 0.271 e. The average Bonchev–Trinajstić information content (AvgIpc) is 3.02. The highest BCUT2D eigenvalue weighted by atomic mass is 127. The van der Waals surface area contributed by atoms with Crippen molar-refractivity contribution in [1.29, 1.82) is 0 Å². The highest BCUT2D eigenvalue weighted by molar-refractivity contribution is 14.1. The van der Waals surface area contributed by atoms with Crippen LogP contribution in [0.2, 0.25) is 0 Å². The van der Waals surface area contributed by atoms with Gasteiger partial charge >= 0.3 is 0 Å². The molecule has 0 aromatic carbocycles. The molecule has 2 heterocycles. The van der Waals surface area contributed by atoms with E-state index >= 15 is 0 Å². The number of nitrogens with two attached hydrogens (primary N) is 1. The highest BCUT2D eigenvalue weighted by Gasteiger charge is 2.16. The summed E-state index contributed by atoms with van der Waals surface area (Å²) in [4.78, 5) is 23.4. The molecular formula is C13H17IN6O2. The number of rotatable bonds is 6. The number of primary amides is 1. The van der Waals surface area contributed by atoms with Crippen LogP contribution in [0, 0.1) is 10.5 Å². The number of nitrogens with one attached hydrogen (secondary N) is 1. The zero-order chi connectivity index (χ0) is 16.3. The molecule has 0 unspecified atom stereocenters. The summed E-state index contributed by atoms with van der Waals surface area (Å²) in [7, 11) is 0. The molecule has 0 fully saturated rings. The van der Waals surface area contributed by atoms with Crippen molar-refractivity contribution in [3.05, 3.63) is 27.4 Å². The SMILES string of the molecule is CCn1cc(NC(=O)CCn2ncc(I)c2C)c(C(N)=O)n1. The number of nitrogens with zero attached hydrogens (tertiary/aromatic N) is 4. The van der Waals surface area contributed by atoms with Gasteiger partial charge in [0.25, 0.3) is 5.91 Å². The Morgan fingerprint density at radius 3 is 2.73 bits per heavy atom. The molecular weight excluding hydrogens is 399 g/mol. The van der Waals surface area contributed by atoms with E-state index in [2.05, 4.69) is 38.1 Å². The number of amides is 2. The Bertz CT molecular complexity index is 705. The monoisotopic (exact) mass is 416 g/mol. The highest BCUT2D eigenvalue weighted by Crippen LogP contribution is 2.14. The van der Waals surface area contributed by atoms with E-state index in [0.717, 1.165) is 9.26 Å². The minimum atomic E-state index is -0.667. The molecule has 0 aliphatic carbocycles. The van der Waals surface area contributed by atoms with Crippen molar-refractivity contribution < 1.29 is 9.59 Å². The summed E-state index contributed by atoms with van der Waals surface area (Å²) in [5, 5.41) is 10.9. The van der Waals surface area contributed by atoms with Crippen LogP contribution in [0.5, 0.6) is 0 Å². The number of halogens is 1. The van der Waals surface area contributed by atoms with Crippen molar-refractivity contribution in [2.45, 2.75) is 33.4 Å². The molecule has 3 N–H and O–H groups in total. The lowest BCUT2D eigenvalue weighted by Crippen LogP contribution is -2.19. The van der Waals surface area contributed by atoms with Crippen LogP contribution in [-0.2, 0) is 17.9 Å². The van der Waals surface area contributed by atoms with Crippen LogP contribution in [0.15, 0.2) is 12.4 Å². The first-order chi connectivity index (χ1) is 10.4. The van der Waals surface area contributed by atoms with Crippen LogP contribution in [0.25, 0.3) is 0 Å². The largest absolute Gasteiger partial charge is 0.364 e. The van der Waals surface area contributed by atoms with E-state index in [0.29, 0.717) is 18.8 Å². The fraction of sp³-hybridized carbons (Fsp3) is 0.385. The van der Waals surface area contributed by atoms with Crippen LogP contribution in [0.4, 0.5) is 5.69 Å². The minimum Gasteiger partial charge on any atom is -0.364 e. The Morgan fingerprint density at radius 1 is 1.45 bits per heavy atom. The smallest absolute Gasteiger partial charge is 0.271 e. The summed E-state index contributed by atoms with van der Waals surface area (Å²) in [6.07, 6.45) is 3.60. The Morgan fingerprint density at radius 2 is 2.18 bits per heavy atom. The van der Waals surface area contributed by atoms with Crippen molar-refractivity contribution in [2.75, 3.05) is 5.32 Å². The first-order valence-electron chi connectivity index (χ1n) is 6.77. The zero-order valence-corrected chi connectivity index (χ0v) is 14.5. The van der Waals surface area contributed by atoms with E-state index in [-0.39, 0.29) is 18.0 Å². The van der Waals surface area contributed by atoms with Gasteiger partial charge in [0.1, 0.15) is 0 Å². The Kier molecular flexibility index (Phi) is 5.16. The molecule has 9 heteroatoms. The molecule has 2 aromatic rings. The second-order valence-electron chi connectivity index (χ2n) is 4.71. The standard InChI is InChI=1S/C13H17IN6O2/c1-3-19-7-10(12(18-19)13(15)22)17-11(21)4-5-20-8(2)9(14)6-16-20/h6-7H,3-5H2,1-2H3,(H2,15,22)(H,17,21). The van der Waals surface area contributed by atoms with Crippen molar-refractivity contribution in [2.24, 2.45) is 5.73 Å². The van der Waals surface area contributed by atoms with Crippen molar-refractivity contribution in [1.82, 2.24) is 19.6 Å². The molecule has 8 nitrogen and oxygen atoms in total. The Labute approximate surface area is 141 Å². The third-order valence-corrected chi connectivity index (χ3v) is 4.25. The fourth-order valence-corrected chi connectivity index (χ4v) is 2.33. The van der Waals surface area contributed by atoms with Crippen molar-refractivity contribution >= 4 is 40.1 Å². The van der Waals surface area contributed by atoms with Gasteiger partial charge in [0.15, 0.2) is 5.69 Å². The van der Waals surface area contributed by atoms with Gasteiger partial charge < -0.3 is 11.1 Å². The van der Waals surface area contributed by atoms with Crippen LogP contribution in [0.3, 0.4) is 0 Å². The van der Waals surface area contributed by atoms with Crippen molar-refractivity contribution in [3.8, 4) is 0 Å². The number of carbonyl (C=O) groups is 2. The van der Waals surface area contributed by atoms with E-state index in [9.17, 15) is 9.59 Å². The van der Waals surface area contributed by atoms with Gasteiger partial charge in [0, 0.05) is 24.9 Å². The molecule has 0 spiro atoms. The summed E-state index contributed by atoms with van der Waals surface area (Å²) >= 11 is 2.19. The van der Waals surface area contributed by atoms with Crippen LogP contribution < -0.4 is 11.1 Å². The third-order valence-electron chi connectivity index (χ3n) is 3.19. The van der Waals surface area contributed by atoms with E-state index in [4.69, 9.17) is 5.73 Å². The molecule has 118 valence electrons. The maximum atomic E-state index is 12.0. The van der Waals surface area contributed by atoms with Gasteiger partial charge in [-0.25, -0.2) is 0 Å². The quantitative estimate of drug-likeness (QED) is 0.689. The molecule has 0 atom stereocenters. The summed E-state index contributed by atoms with van der Waals surface area (Å²) in [6, 6.07) is 0. The van der Waals surface area contributed by atoms with Gasteiger partial charge in [0.05, 0.1) is 22.0 Å². The van der Waals surface area contributed by atoms with Crippen LogP contribution in [0.1, 0.15) is 29.5 Å². The van der Waals surface area contributed by atoms with Gasteiger partial charge in [-0.2, -0.15) is 10.2 Å². The number of aryl methyl sites for hydroxylation is 2. The van der Waals surface area contributed by atoms with Gasteiger partial charge in [0.2, 0.25) is 5.91 Å². The number of anilines is 1. The van der Waals surface area contributed by atoms with Gasteiger partial charge in [-0.15, -0.1) is 0 Å². The molecule has 0 bridgehead atoms. The molecule has 0 aliphatic heterocycles. The van der Waals surface area contributed by atoms with Gasteiger partial charge in [-0.3, -0.25) is 19.0 Å². The number of hydrogen-bond donors (Lipinski definition) is 2. The van der Waals surface area contributed by atoms with Gasteiger partial charge in [-0.05, 0) is 36.4 Å². The summed E-state index contributed by atoms with van der Waals surface area (Å²) < 4.78 is 4.37. The van der Waals surface area contributed by atoms with E-state index in [1.165, 1.54) is 0 Å². The van der Waals surface area contributed by atoms with Crippen molar-refractivity contribution in [3.63, 3.8) is 0 Å². The first-order valence-corrected chi connectivity index (χ1v) is 7.85. The molecule has 22 heavy (non-hydrogen) atoms. The van der Waals surface area contributed by atoms with E-state index in [1.807, 2.05) is 13.8 Å². The topological polar surface area (TPSA) is 108 Å². The van der Waals surface area contributed by atoms with E-state index < -0.39 is 5.91 Å². The molecule has 0 aliphatic rings. The molecule has 0 saturated heterocycles. The average molecular weight is 416 g/mol. The normalized spacial score (nSPS) is 10.7. The summed E-state index contributed by atoms with van der Waals surface area (Å²) in [5.74, 6) is -0.886. The lowest BCUT2D eigenvalue weighted by molar-refractivity contribution is -0.116. The number of aromatic nitrogens is 4. The third kappa shape index (κ3) is 3.64. The second kappa shape index (κ2) is 6.90.